The van der Waals surface area contributed by atoms with Crippen molar-refractivity contribution in [3.05, 3.63) is 29.8 Å². The standard InChI is InChI=1S/C12H17NO4S/c1-4-12(3,11(14)15)13-18(16,17)10-7-5-6-9(2)8-10/h5-8,13H,4H2,1-3H3,(H,14,15). The lowest BCUT2D eigenvalue weighted by Crippen LogP contribution is -2.51. The molecule has 1 aromatic rings. The van der Waals surface area contributed by atoms with E-state index in [1.54, 1.807) is 26.0 Å². The molecule has 0 saturated heterocycles. The monoisotopic (exact) mass is 271 g/mol. The summed E-state index contributed by atoms with van der Waals surface area (Å²) in [5.41, 5.74) is -0.700. The first-order valence-corrected chi connectivity index (χ1v) is 7.03. The average Bonchev–Trinajstić information content (AvgIpc) is 2.28. The Morgan fingerprint density at radius 3 is 2.50 bits per heavy atom. The lowest BCUT2D eigenvalue weighted by molar-refractivity contribution is -0.143. The number of carbonyl (C=O) groups is 1. The largest absolute Gasteiger partial charge is 0.480 e. The third-order valence-corrected chi connectivity index (χ3v) is 4.43. The van der Waals surface area contributed by atoms with Crippen LogP contribution in [0.1, 0.15) is 25.8 Å². The Hall–Kier alpha value is -1.40. The van der Waals surface area contributed by atoms with E-state index in [4.69, 9.17) is 5.11 Å². The van der Waals surface area contributed by atoms with Gasteiger partial charge in [0.1, 0.15) is 5.54 Å². The van der Waals surface area contributed by atoms with E-state index in [2.05, 4.69) is 4.72 Å². The van der Waals surface area contributed by atoms with Crippen molar-refractivity contribution in [3.8, 4) is 0 Å². The zero-order valence-corrected chi connectivity index (χ0v) is 11.4. The topological polar surface area (TPSA) is 83.5 Å². The highest BCUT2D eigenvalue weighted by molar-refractivity contribution is 7.89. The second-order valence-corrected chi connectivity index (χ2v) is 6.10. The minimum atomic E-state index is -3.83. The molecule has 1 unspecified atom stereocenters. The Morgan fingerprint density at radius 1 is 1.44 bits per heavy atom. The molecule has 18 heavy (non-hydrogen) atoms. The van der Waals surface area contributed by atoms with Gasteiger partial charge in [0, 0.05) is 0 Å². The van der Waals surface area contributed by atoms with E-state index >= 15 is 0 Å². The molecule has 0 aliphatic rings. The van der Waals surface area contributed by atoms with Crippen LogP contribution in [0, 0.1) is 6.92 Å². The SMILES string of the molecule is CCC(C)(NS(=O)(=O)c1cccc(C)c1)C(=O)O. The fourth-order valence-corrected chi connectivity index (χ4v) is 2.95. The van der Waals surface area contributed by atoms with Gasteiger partial charge in [0.05, 0.1) is 4.90 Å². The minimum Gasteiger partial charge on any atom is -0.480 e. The van der Waals surface area contributed by atoms with E-state index < -0.39 is 21.5 Å². The minimum absolute atomic E-state index is 0.0726. The van der Waals surface area contributed by atoms with E-state index in [1.807, 2.05) is 0 Å². The molecule has 5 nitrogen and oxygen atoms in total. The van der Waals surface area contributed by atoms with Gasteiger partial charge in [-0.25, -0.2) is 8.42 Å². The van der Waals surface area contributed by atoms with Crippen LogP contribution in [0.25, 0.3) is 0 Å². The molecule has 0 bridgehead atoms. The highest BCUT2D eigenvalue weighted by Crippen LogP contribution is 2.17. The van der Waals surface area contributed by atoms with E-state index in [9.17, 15) is 13.2 Å². The maximum atomic E-state index is 12.1. The van der Waals surface area contributed by atoms with Crippen molar-refractivity contribution in [1.29, 1.82) is 0 Å². The fourth-order valence-electron chi connectivity index (χ4n) is 1.41. The highest BCUT2D eigenvalue weighted by atomic mass is 32.2. The zero-order valence-electron chi connectivity index (χ0n) is 10.6. The smallest absolute Gasteiger partial charge is 0.324 e. The second-order valence-electron chi connectivity index (χ2n) is 4.41. The molecule has 6 heteroatoms. The number of sulfonamides is 1. The van der Waals surface area contributed by atoms with Gasteiger partial charge < -0.3 is 5.11 Å². The first-order valence-electron chi connectivity index (χ1n) is 5.55. The summed E-state index contributed by atoms with van der Waals surface area (Å²) < 4.78 is 26.4. The van der Waals surface area contributed by atoms with Crippen LogP contribution in [0.5, 0.6) is 0 Å². The average molecular weight is 271 g/mol. The molecular weight excluding hydrogens is 254 g/mol. The molecule has 2 N–H and O–H groups in total. The predicted molar refractivity (Wildman–Crippen MR) is 67.8 cm³/mol. The van der Waals surface area contributed by atoms with Gasteiger partial charge in [0.15, 0.2) is 0 Å². The number of aliphatic carboxylic acids is 1. The predicted octanol–water partition coefficient (Wildman–Crippen LogP) is 1.53. The van der Waals surface area contributed by atoms with Crippen molar-refractivity contribution in [2.45, 2.75) is 37.6 Å². The van der Waals surface area contributed by atoms with Crippen LogP contribution in [-0.4, -0.2) is 25.0 Å². The van der Waals surface area contributed by atoms with Crippen molar-refractivity contribution >= 4 is 16.0 Å². The number of hydrogen-bond donors (Lipinski definition) is 2. The van der Waals surface area contributed by atoms with E-state index in [1.165, 1.54) is 19.1 Å². The van der Waals surface area contributed by atoms with Gasteiger partial charge >= 0.3 is 5.97 Å². The van der Waals surface area contributed by atoms with Gasteiger partial charge in [-0.05, 0) is 38.0 Å². The Morgan fingerprint density at radius 2 is 2.06 bits per heavy atom. The molecule has 0 amide bonds. The summed E-state index contributed by atoms with van der Waals surface area (Å²) in [5, 5.41) is 9.07. The van der Waals surface area contributed by atoms with Gasteiger partial charge in [-0.3, -0.25) is 4.79 Å². The van der Waals surface area contributed by atoms with Gasteiger partial charge in [0.25, 0.3) is 0 Å². The van der Waals surface area contributed by atoms with Crippen LogP contribution >= 0.6 is 0 Å². The van der Waals surface area contributed by atoms with Crippen LogP contribution in [-0.2, 0) is 14.8 Å². The summed E-state index contributed by atoms with van der Waals surface area (Å²) in [6, 6.07) is 6.33. The lowest BCUT2D eigenvalue weighted by Gasteiger charge is -2.24. The van der Waals surface area contributed by atoms with Crippen LogP contribution in [0.2, 0.25) is 0 Å². The number of nitrogens with one attached hydrogen (secondary N) is 1. The molecule has 1 aromatic carbocycles. The first-order chi connectivity index (χ1) is 8.21. The van der Waals surface area contributed by atoms with Crippen LogP contribution in [0.4, 0.5) is 0 Å². The summed E-state index contributed by atoms with van der Waals surface area (Å²) in [6.45, 7) is 4.74. The van der Waals surface area contributed by atoms with E-state index in [-0.39, 0.29) is 11.3 Å². The lowest BCUT2D eigenvalue weighted by atomic mass is 10.0. The van der Waals surface area contributed by atoms with Gasteiger partial charge in [-0.2, -0.15) is 4.72 Å². The first kappa shape index (κ1) is 14.7. The summed E-state index contributed by atoms with van der Waals surface area (Å²) in [7, 11) is -3.83. The molecule has 0 aromatic heterocycles. The summed E-state index contributed by atoms with van der Waals surface area (Å²) >= 11 is 0. The molecule has 0 fully saturated rings. The fraction of sp³-hybridized carbons (Fsp3) is 0.417. The molecular formula is C12H17NO4S. The third kappa shape index (κ3) is 3.08. The third-order valence-electron chi connectivity index (χ3n) is 2.84. The summed E-state index contributed by atoms with van der Waals surface area (Å²) in [5.74, 6) is -1.19. The van der Waals surface area contributed by atoms with E-state index in [0.29, 0.717) is 0 Å². The number of benzene rings is 1. The molecule has 0 spiro atoms. The van der Waals surface area contributed by atoms with Gasteiger partial charge in [-0.1, -0.05) is 19.1 Å². The number of rotatable bonds is 5. The molecule has 0 heterocycles. The maximum Gasteiger partial charge on any atom is 0.324 e. The number of hydrogen-bond acceptors (Lipinski definition) is 3. The molecule has 0 radical (unpaired) electrons. The molecule has 1 atom stereocenters. The van der Waals surface area contributed by atoms with Gasteiger partial charge in [-0.15, -0.1) is 0 Å². The van der Waals surface area contributed by atoms with Crippen LogP contribution in [0.15, 0.2) is 29.2 Å². The quantitative estimate of drug-likeness (QED) is 0.850. The second kappa shape index (κ2) is 5.07. The Labute approximate surface area is 107 Å². The van der Waals surface area contributed by atoms with Crippen molar-refractivity contribution in [3.63, 3.8) is 0 Å². The summed E-state index contributed by atoms with van der Waals surface area (Å²) in [4.78, 5) is 11.2. The van der Waals surface area contributed by atoms with E-state index in [0.717, 1.165) is 5.56 Å². The molecule has 0 aliphatic heterocycles. The number of aryl methyl sites for hydroxylation is 1. The van der Waals surface area contributed by atoms with Gasteiger partial charge in [0.2, 0.25) is 10.0 Å². The molecule has 0 aliphatic carbocycles. The Kier molecular flexibility index (Phi) is 4.13. The Bertz CT molecular complexity index is 553. The van der Waals surface area contributed by atoms with Crippen LogP contribution in [0.3, 0.4) is 0 Å². The van der Waals surface area contributed by atoms with Crippen molar-refractivity contribution in [2.75, 3.05) is 0 Å². The van der Waals surface area contributed by atoms with Crippen molar-refractivity contribution in [2.24, 2.45) is 0 Å². The molecule has 0 saturated carbocycles. The molecule has 100 valence electrons. The maximum absolute atomic E-state index is 12.1. The number of carboxylic acids is 1. The highest BCUT2D eigenvalue weighted by Gasteiger charge is 2.36. The van der Waals surface area contributed by atoms with Crippen molar-refractivity contribution in [1.82, 2.24) is 4.72 Å². The normalized spacial score (nSPS) is 15.1. The van der Waals surface area contributed by atoms with Crippen LogP contribution < -0.4 is 4.72 Å². The molecule has 1 rings (SSSR count). The summed E-state index contributed by atoms with van der Waals surface area (Å²) in [6.07, 6.45) is 0.160. The van der Waals surface area contributed by atoms with Crippen molar-refractivity contribution < 1.29 is 18.3 Å². The Balaban J connectivity index is 3.13. The zero-order chi connectivity index (χ0) is 14.0. The number of carboxylic acid groups (broad SMARTS) is 1.